The molecule has 2 saturated heterocycles. The van der Waals surface area contributed by atoms with Crippen LogP contribution in [0.15, 0.2) is 18.2 Å². The van der Waals surface area contributed by atoms with Crippen LogP contribution in [0.5, 0.6) is 17.2 Å². The highest BCUT2D eigenvalue weighted by atomic mass is 16.7. The molecule has 94 heavy (non-hydrogen) atoms. The zero-order valence-corrected chi connectivity index (χ0v) is 52.9. The van der Waals surface area contributed by atoms with Crippen LogP contribution in [0.4, 0.5) is 0 Å². The number of amides is 9. The number of hydrogen-bond donors (Lipinski definition) is 16. The van der Waals surface area contributed by atoms with Gasteiger partial charge in [-0.15, -0.1) is 0 Å². The van der Waals surface area contributed by atoms with Crippen molar-refractivity contribution in [3.05, 3.63) is 51.6 Å². The summed E-state index contributed by atoms with van der Waals surface area (Å²) < 4.78 is 17.7. The largest absolute Gasteiger partial charge is 0.507 e. The second kappa shape index (κ2) is 31.3. The standard InChI is InChI=1S/C62H85N9O23/c1-26(2)17-36(57(86)66-35-19-44(93-28(4)50(35)79)94-41-21-62(91,42(77)25-74)20-33-46(41)54(83)48-47(52(33)81)51(80)32-13-10-14-40(92-6)45(32)53(48)82)67-58(87)37(23-72)69-56(85)34(15-16-43(63)78)65-61(90)49(30-11-8-7-9-12-30)70-59(88)38(24-73)68-55(84)27(3)64-60(89)39-18-31(76)22-71(39)29(5)75/h10,13-14,26-28,30-31,34-39,41,44,49-50,72-74,76,79,81,83,91H,7-9,11-12,15-25H2,1-6H3,(H2,63,78)(H,64,89)(H,65,90)(H,66,86)(H,67,87)(H,68,84)(H,69,85)(H,70,88)/t27-,28-,31+,34-,35-,36-,37-,38-,39-,41-,44-,49-,50+,62-/m0/s1. The number of nitrogens with zero attached hydrogens (tertiary/aromatic N) is 1. The zero-order chi connectivity index (χ0) is 69.4. The van der Waals surface area contributed by atoms with Crippen LogP contribution in [0.25, 0.3) is 0 Å². The molecule has 0 unspecified atom stereocenters. The first-order valence-electron chi connectivity index (χ1n) is 31.2. The number of aromatic hydroxyl groups is 2. The number of likely N-dealkylation sites (tertiary alicyclic amines) is 1. The first-order valence-corrected chi connectivity index (χ1v) is 31.2. The van der Waals surface area contributed by atoms with E-state index in [1.54, 1.807) is 13.8 Å². The molecule has 0 bridgehead atoms. The Morgan fingerprint density at radius 2 is 1.36 bits per heavy atom. The molecule has 2 heterocycles. The summed E-state index contributed by atoms with van der Waals surface area (Å²) in [6, 6.07) is -7.66. The average molecular weight is 1320 g/mol. The lowest BCUT2D eigenvalue weighted by atomic mass is 9.72. The van der Waals surface area contributed by atoms with E-state index >= 15 is 0 Å². The van der Waals surface area contributed by atoms with Gasteiger partial charge < -0.3 is 103 Å². The first-order chi connectivity index (χ1) is 44.4. The van der Waals surface area contributed by atoms with Gasteiger partial charge in [-0.1, -0.05) is 45.2 Å². The van der Waals surface area contributed by atoms with Gasteiger partial charge in [0, 0.05) is 62.3 Å². The second-order valence-electron chi connectivity index (χ2n) is 25.0. The van der Waals surface area contributed by atoms with E-state index in [1.165, 1.54) is 46.1 Å². The molecule has 7 rings (SSSR count). The Bertz CT molecular complexity index is 3270. The summed E-state index contributed by atoms with van der Waals surface area (Å²) in [5.41, 5.74) is 0.598. The first kappa shape index (κ1) is 73.2. The maximum Gasteiger partial charge on any atom is 0.245 e. The van der Waals surface area contributed by atoms with Crippen molar-refractivity contribution >= 4 is 70.5 Å². The van der Waals surface area contributed by atoms with Crippen LogP contribution in [0.2, 0.25) is 0 Å². The Morgan fingerprint density at radius 3 is 1.97 bits per heavy atom. The van der Waals surface area contributed by atoms with E-state index in [-0.39, 0.29) is 53.3 Å². The number of aliphatic hydroxyl groups excluding tert-OH is 5. The van der Waals surface area contributed by atoms with Crippen molar-refractivity contribution in [2.24, 2.45) is 17.6 Å². The quantitative estimate of drug-likeness (QED) is 0.0323. The van der Waals surface area contributed by atoms with Crippen LogP contribution in [0.1, 0.15) is 154 Å². The molecule has 17 N–H and O–H groups in total. The van der Waals surface area contributed by atoms with Crippen molar-refractivity contribution in [2.45, 2.75) is 196 Å². The molecule has 9 amide bonds. The monoisotopic (exact) mass is 1320 g/mol. The third kappa shape index (κ3) is 16.4. The predicted molar refractivity (Wildman–Crippen MR) is 323 cm³/mol. The number of aliphatic hydroxyl groups is 6. The summed E-state index contributed by atoms with van der Waals surface area (Å²) in [5.74, 6) is -13.8. The Morgan fingerprint density at radius 1 is 0.755 bits per heavy atom. The van der Waals surface area contributed by atoms with Gasteiger partial charge in [0.25, 0.3) is 0 Å². The smallest absolute Gasteiger partial charge is 0.245 e. The average Bonchev–Trinajstić information content (AvgIpc) is 0.794. The number of phenols is 2. The van der Waals surface area contributed by atoms with Crippen molar-refractivity contribution < 1.29 is 113 Å². The van der Waals surface area contributed by atoms with Crippen LogP contribution in [0.3, 0.4) is 0 Å². The van der Waals surface area contributed by atoms with Crippen molar-refractivity contribution in [1.82, 2.24) is 42.1 Å². The van der Waals surface area contributed by atoms with E-state index in [1.807, 2.05) is 0 Å². The number of rotatable bonds is 27. The molecule has 32 heteroatoms. The Balaban J connectivity index is 1.04. The van der Waals surface area contributed by atoms with Crippen molar-refractivity contribution in [2.75, 3.05) is 33.5 Å². The number of methoxy groups -OCH3 is 1. The number of primary amides is 1. The summed E-state index contributed by atoms with van der Waals surface area (Å²) in [6.45, 7) is 3.93. The van der Waals surface area contributed by atoms with Crippen LogP contribution in [-0.4, -0.2) is 228 Å². The van der Waals surface area contributed by atoms with Crippen molar-refractivity contribution in [1.29, 1.82) is 0 Å². The summed E-state index contributed by atoms with van der Waals surface area (Å²) in [5, 5.41) is 105. The lowest BCUT2D eigenvalue weighted by Gasteiger charge is -2.43. The Kier molecular flexibility index (Phi) is 24.4. The van der Waals surface area contributed by atoms with E-state index in [2.05, 4.69) is 37.2 Å². The zero-order valence-electron chi connectivity index (χ0n) is 52.9. The number of fused-ring (bicyclic) bond motifs is 3. The van der Waals surface area contributed by atoms with Gasteiger partial charge >= 0.3 is 0 Å². The minimum absolute atomic E-state index is 0.0222. The number of ketones is 3. The molecule has 32 nitrogen and oxygen atoms in total. The number of benzene rings is 2. The molecule has 5 aliphatic rings. The van der Waals surface area contributed by atoms with E-state index in [0.717, 1.165) is 11.3 Å². The Labute approximate surface area is 539 Å². The maximum absolute atomic E-state index is 14.4. The molecular weight excluding hydrogens is 1240 g/mol. The number of carbonyl (C=O) groups excluding carboxylic acids is 12. The van der Waals surface area contributed by atoms with Gasteiger partial charge in [0.15, 0.2) is 17.9 Å². The number of hydrogen-bond acceptors (Lipinski definition) is 23. The molecule has 0 radical (unpaired) electrons. The molecule has 0 spiro atoms. The number of nitrogens with one attached hydrogen (secondary N) is 7. The normalized spacial score (nSPS) is 24.5. The molecule has 3 aliphatic carbocycles. The highest BCUT2D eigenvalue weighted by Gasteiger charge is 2.51. The molecule has 1 saturated carbocycles. The molecule has 2 aromatic rings. The highest BCUT2D eigenvalue weighted by Crippen LogP contribution is 2.53. The fourth-order valence-corrected chi connectivity index (χ4v) is 12.8. The molecule has 3 fully saturated rings. The lowest BCUT2D eigenvalue weighted by Crippen LogP contribution is -2.62. The van der Waals surface area contributed by atoms with E-state index in [4.69, 9.17) is 19.9 Å². The molecule has 14 atom stereocenters. The number of nitrogens with two attached hydrogens (primary N) is 1. The van der Waals surface area contributed by atoms with E-state index in [9.17, 15) is 98.4 Å². The summed E-state index contributed by atoms with van der Waals surface area (Å²) in [6.07, 6.45) is -7.03. The highest BCUT2D eigenvalue weighted by molar-refractivity contribution is 6.31. The number of phenolic OH excluding ortho intramolecular Hbond substituents is 2. The van der Waals surface area contributed by atoms with Gasteiger partial charge in [0.05, 0.1) is 61.4 Å². The van der Waals surface area contributed by atoms with Crippen LogP contribution in [-0.2, 0) is 63.8 Å². The predicted octanol–water partition coefficient (Wildman–Crippen LogP) is -4.05. The number of β-amino-alcohol motifs (C(OH)–C–C–N with tert-alkyl or cyclic N) is 1. The molecule has 2 aromatic carbocycles. The van der Waals surface area contributed by atoms with Crippen LogP contribution >= 0.6 is 0 Å². The van der Waals surface area contributed by atoms with E-state index < -0.39 is 236 Å². The van der Waals surface area contributed by atoms with Gasteiger partial charge in [0.1, 0.15) is 77.9 Å². The van der Waals surface area contributed by atoms with Gasteiger partial charge in [-0.3, -0.25) is 57.5 Å². The van der Waals surface area contributed by atoms with Gasteiger partial charge in [-0.2, -0.15) is 0 Å². The van der Waals surface area contributed by atoms with Crippen LogP contribution < -0.4 is 47.7 Å². The van der Waals surface area contributed by atoms with Gasteiger partial charge in [0.2, 0.25) is 58.9 Å². The molecular formula is C62H85N9O23. The molecule has 516 valence electrons. The topological polar surface area (TPSA) is 508 Å². The summed E-state index contributed by atoms with van der Waals surface area (Å²) >= 11 is 0. The third-order valence-electron chi connectivity index (χ3n) is 17.8. The molecule has 2 aliphatic heterocycles. The minimum Gasteiger partial charge on any atom is -0.507 e. The van der Waals surface area contributed by atoms with Crippen molar-refractivity contribution in [3.8, 4) is 17.2 Å². The summed E-state index contributed by atoms with van der Waals surface area (Å²) in [7, 11) is 1.25. The maximum atomic E-state index is 14.4. The number of carbonyl (C=O) groups is 12. The number of Topliss-reactive ketones (excluding diaryl/α,β-unsaturated/α-hetero) is 1. The number of ether oxygens (including phenoxy) is 3. The Hall–Kier alpha value is -8.24. The SMILES string of the molecule is COc1cccc2c1C(=O)c1c(O)c3c(c(O)c1C2=O)C[C@@](O)(C(=O)CO)C[C@@H]3O[C@H]1C[C@H](NC(=O)[C@H](CC(C)C)NC(=O)[C@H](CO)NC(=O)[C@H](CCC(N)=O)NC(=O)[C@@H](NC(=O)[C@H](CO)NC(=O)[C@H](C)NC(=O)[C@@H]2C[C@@H](O)CN2C(C)=O)C2CCCCC2)[C@H](O)[C@H](C)O1. The van der Waals surface area contributed by atoms with Gasteiger partial charge in [-0.05, 0) is 57.4 Å². The second-order valence-corrected chi connectivity index (χ2v) is 25.0. The third-order valence-corrected chi connectivity index (χ3v) is 17.8. The van der Waals surface area contributed by atoms with Gasteiger partial charge in [-0.25, -0.2) is 0 Å². The lowest BCUT2D eigenvalue weighted by molar-refractivity contribution is -0.249. The van der Waals surface area contributed by atoms with E-state index in [0.29, 0.717) is 25.7 Å². The van der Waals surface area contributed by atoms with Crippen molar-refractivity contribution in [3.63, 3.8) is 0 Å². The fourth-order valence-electron chi connectivity index (χ4n) is 12.8. The summed E-state index contributed by atoms with van der Waals surface area (Å²) in [4.78, 5) is 164. The molecule has 0 aromatic heterocycles. The van der Waals surface area contributed by atoms with Crippen LogP contribution in [0, 0.1) is 11.8 Å². The fraction of sp³-hybridized carbons (Fsp3) is 0.613. The minimum atomic E-state index is -2.50.